The molecule has 7 nitrogen and oxygen atoms in total. The molecule has 1 aromatic heterocycles. The molecule has 0 unspecified atom stereocenters. The summed E-state index contributed by atoms with van der Waals surface area (Å²) in [7, 11) is 0. The minimum Gasteiger partial charge on any atom is -0.489 e. The van der Waals surface area contributed by atoms with E-state index in [0.29, 0.717) is 47.7 Å². The van der Waals surface area contributed by atoms with Crippen LogP contribution in [0.15, 0.2) is 43.1 Å². The van der Waals surface area contributed by atoms with Gasteiger partial charge in [0.15, 0.2) is 0 Å². The van der Waals surface area contributed by atoms with E-state index in [-0.39, 0.29) is 30.0 Å². The average molecular weight is 462 g/mol. The molecule has 0 radical (unpaired) electrons. The van der Waals surface area contributed by atoms with E-state index in [4.69, 9.17) is 33.0 Å². The normalized spacial score (nSPS) is 20.5. The van der Waals surface area contributed by atoms with Crippen molar-refractivity contribution in [2.75, 3.05) is 31.1 Å². The van der Waals surface area contributed by atoms with Crippen molar-refractivity contribution in [3.8, 4) is 5.75 Å². The lowest BCUT2D eigenvalue weighted by Crippen LogP contribution is -2.54. The number of rotatable bonds is 6. The highest BCUT2D eigenvalue weighted by Gasteiger charge is 2.42. The topological polar surface area (TPSA) is 83.0 Å². The Bertz CT molecular complexity index is 1030. The fraction of sp³-hybridized carbons (Fsp3) is 0.318. The first kappa shape index (κ1) is 21.5. The van der Waals surface area contributed by atoms with E-state index >= 15 is 0 Å². The molecule has 1 N–H and O–H groups in total. The van der Waals surface area contributed by atoms with Gasteiger partial charge in [-0.25, -0.2) is 9.78 Å². The third kappa shape index (κ3) is 4.20. The first-order valence-electron chi connectivity index (χ1n) is 9.84. The van der Waals surface area contributed by atoms with Crippen molar-refractivity contribution in [1.29, 1.82) is 0 Å². The molecule has 162 valence electrons. The molecule has 0 saturated carbocycles. The van der Waals surface area contributed by atoms with Crippen LogP contribution in [0.1, 0.15) is 28.3 Å². The number of hydrogen-bond donors (Lipinski definition) is 1. The van der Waals surface area contributed by atoms with Gasteiger partial charge in [-0.1, -0.05) is 35.9 Å². The lowest BCUT2D eigenvalue weighted by Gasteiger charge is -2.37. The first-order chi connectivity index (χ1) is 14.9. The maximum atomic E-state index is 12.9. The van der Waals surface area contributed by atoms with Crippen LogP contribution >= 0.6 is 23.2 Å². The number of fused-ring (bicyclic) bond motifs is 1. The van der Waals surface area contributed by atoms with Crippen LogP contribution in [0.3, 0.4) is 0 Å². The standard InChI is InChI=1S/C22H21Cl2N3O4/c1-2-7-31-17-5-4-16(23)21(24)20(17)14-8-15-11-26(12-19(28)27(15)10-14)18-6-3-13(9-25-18)22(29)30/h2-6,9,14-15H,1,7-8,10-12H2,(H,29,30)/t14-,15-/m0/s1. The molecule has 0 aliphatic carbocycles. The summed E-state index contributed by atoms with van der Waals surface area (Å²) in [5.41, 5.74) is 0.922. The number of carbonyl (C=O) groups is 2. The van der Waals surface area contributed by atoms with Gasteiger partial charge in [-0.15, -0.1) is 0 Å². The molecule has 1 aromatic carbocycles. The van der Waals surface area contributed by atoms with E-state index < -0.39 is 5.97 Å². The molecule has 4 rings (SSSR count). The Morgan fingerprint density at radius 3 is 2.77 bits per heavy atom. The number of pyridine rings is 1. The zero-order chi connectivity index (χ0) is 22.1. The maximum Gasteiger partial charge on any atom is 0.337 e. The van der Waals surface area contributed by atoms with Crippen LogP contribution in [-0.2, 0) is 4.79 Å². The minimum absolute atomic E-state index is 0.00503. The summed E-state index contributed by atoms with van der Waals surface area (Å²) in [6.07, 6.45) is 3.68. The second kappa shape index (κ2) is 8.77. The molecular formula is C22H21Cl2N3O4. The number of anilines is 1. The SMILES string of the molecule is C=CCOc1ccc(Cl)c(Cl)c1[C@H]1C[C@H]2CN(c3ccc(C(=O)O)cn3)CC(=O)N2C1. The van der Waals surface area contributed by atoms with E-state index in [9.17, 15) is 9.59 Å². The fourth-order valence-electron chi connectivity index (χ4n) is 4.26. The number of halogens is 2. The molecule has 2 saturated heterocycles. The number of piperazine rings is 1. The van der Waals surface area contributed by atoms with Crippen LogP contribution in [0.4, 0.5) is 5.82 Å². The quantitative estimate of drug-likeness (QED) is 0.657. The van der Waals surface area contributed by atoms with Gasteiger partial charge in [0.25, 0.3) is 0 Å². The number of nitrogens with zero attached hydrogens (tertiary/aromatic N) is 3. The van der Waals surface area contributed by atoms with Gasteiger partial charge >= 0.3 is 5.97 Å². The summed E-state index contributed by atoms with van der Waals surface area (Å²) in [6, 6.07) is 6.61. The molecule has 1 amide bonds. The molecule has 2 aliphatic rings. The number of amides is 1. The molecule has 0 bridgehead atoms. The highest BCUT2D eigenvalue weighted by atomic mass is 35.5. The van der Waals surface area contributed by atoms with Crippen LogP contribution in [-0.4, -0.2) is 59.1 Å². The van der Waals surface area contributed by atoms with Gasteiger partial charge in [0.05, 0.1) is 22.2 Å². The van der Waals surface area contributed by atoms with Crippen molar-refractivity contribution in [2.24, 2.45) is 0 Å². The Balaban J connectivity index is 1.56. The van der Waals surface area contributed by atoms with Crippen LogP contribution in [0.25, 0.3) is 0 Å². The number of carboxylic acids is 1. The summed E-state index contributed by atoms with van der Waals surface area (Å²) in [5, 5.41) is 9.95. The molecular weight excluding hydrogens is 441 g/mol. The van der Waals surface area contributed by atoms with Crippen molar-refractivity contribution in [3.63, 3.8) is 0 Å². The minimum atomic E-state index is -1.04. The molecule has 3 heterocycles. The Morgan fingerprint density at radius 2 is 2.10 bits per heavy atom. The zero-order valence-corrected chi connectivity index (χ0v) is 18.1. The van der Waals surface area contributed by atoms with E-state index in [1.807, 2.05) is 9.80 Å². The molecule has 2 atom stereocenters. The Labute approximate surface area is 189 Å². The van der Waals surface area contributed by atoms with Gasteiger partial charge in [0.1, 0.15) is 18.2 Å². The number of benzene rings is 1. The molecule has 2 aliphatic heterocycles. The summed E-state index contributed by atoms with van der Waals surface area (Å²) < 4.78 is 5.80. The van der Waals surface area contributed by atoms with Crippen LogP contribution < -0.4 is 9.64 Å². The van der Waals surface area contributed by atoms with Crippen molar-refractivity contribution in [3.05, 3.63) is 64.3 Å². The van der Waals surface area contributed by atoms with Gasteiger partial charge in [-0.2, -0.15) is 0 Å². The number of aromatic nitrogens is 1. The van der Waals surface area contributed by atoms with Gasteiger partial charge in [-0.05, 0) is 30.7 Å². The number of carboxylic acid groups (broad SMARTS) is 1. The summed E-state index contributed by atoms with van der Waals surface area (Å²) in [4.78, 5) is 31.9. The van der Waals surface area contributed by atoms with Crippen molar-refractivity contribution >= 4 is 40.9 Å². The second-order valence-corrected chi connectivity index (χ2v) is 8.38. The third-order valence-electron chi connectivity index (χ3n) is 5.67. The average Bonchev–Trinajstić information content (AvgIpc) is 3.19. The summed E-state index contributed by atoms with van der Waals surface area (Å²) in [5.74, 6) is 0.176. The summed E-state index contributed by atoms with van der Waals surface area (Å²) in [6.45, 7) is 5.35. The Kier molecular flexibility index (Phi) is 6.07. The number of ether oxygens (including phenoxy) is 1. The highest BCUT2D eigenvalue weighted by Crippen LogP contribution is 2.44. The monoisotopic (exact) mass is 461 g/mol. The predicted octanol–water partition coefficient (Wildman–Crippen LogP) is 3.86. The Hall–Kier alpha value is -2.77. The summed E-state index contributed by atoms with van der Waals surface area (Å²) >= 11 is 12.8. The van der Waals surface area contributed by atoms with Gasteiger partial charge < -0.3 is 19.6 Å². The van der Waals surface area contributed by atoms with Crippen molar-refractivity contribution < 1.29 is 19.4 Å². The largest absolute Gasteiger partial charge is 0.489 e. The van der Waals surface area contributed by atoms with Crippen LogP contribution in [0.5, 0.6) is 5.75 Å². The van der Waals surface area contributed by atoms with E-state index in [2.05, 4.69) is 11.6 Å². The smallest absolute Gasteiger partial charge is 0.337 e. The van der Waals surface area contributed by atoms with Gasteiger partial charge in [-0.3, -0.25) is 4.79 Å². The van der Waals surface area contributed by atoms with Crippen molar-refractivity contribution in [1.82, 2.24) is 9.88 Å². The lowest BCUT2D eigenvalue weighted by molar-refractivity contribution is -0.132. The molecule has 2 aromatic rings. The highest BCUT2D eigenvalue weighted by molar-refractivity contribution is 6.42. The predicted molar refractivity (Wildman–Crippen MR) is 118 cm³/mol. The van der Waals surface area contributed by atoms with Gasteiger partial charge in [0, 0.05) is 36.8 Å². The zero-order valence-electron chi connectivity index (χ0n) is 16.6. The number of aromatic carboxylic acids is 1. The van der Waals surface area contributed by atoms with Crippen LogP contribution in [0.2, 0.25) is 10.0 Å². The lowest BCUT2D eigenvalue weighted by atomic mass is 9.95. The second-order valence-electron chi connectivity index (χ2n) is 7.60. The first-order valence-corrected chi connectivity index (χ1v) is 10.6. The molecule has 2 fully saturated rings. The van der Waals surface area contributed by atoms with Crippen molar-refractivity contribution in [2.45, 2.75) is 18.4 Å². The van der Waals surface area contributed by atoms with E-state index in [0.717, 1.165) is 5.56 Å². The van der Waals surface area contributed by atoms with E-state index in [1.165, 1.54) is 12.3 Å². The third-order valence-corrected chi connectivity index (χ3v) is 6.49. The Morgan fingerprint density at radius 1 is 1.29 bits per heavy atom. The van der Waals surface area contributed by atoms with E-state index in [1.54, 1.807) is 24.3 Å². The number of carbonyl (C=O) groups excluding carboxylic acids is 1. The molecule has 0 spiro atoms. The molecule has 9 heteroatoms. The van der Waals surface area contributed by atoms with Gasteiger partial charge in [0.2, 0.25) is 5.91 Å². The maximum absolute atomic E-state index is 12.9. The number of hydrogen-bond acceptors (Lipinski definition) is 5. The van der Waals surface area contributed by atoms with Crippen LogP contribution in [0, 0.1) is 0 Å². The fourth-order valence-corrected chi connectivity index (χ4v) is 4.73. The molecule has 31 heavy (non-hydrogen) atoms.